The molecule has 0 fully saturated rings. The van der Waals surface area contributed by atoms with E-state index < -0.39 is 0 Å². The van der Waals surface area contributed by atoms with Gasteiger partial charge in [-0.15, -0.1) is 0 Å². The van der Waals surface area contributed by atoms with Gasteiger partial charge in [-0.1, -0.05) is 18.3 Å². The largest absolute Gasteiger partial charge is 0.496 e. The van der Waals surface area contributed by atoms with Gasteiger partial charge in [-0.05, 0) is 13.0 Å². The third kappa shape index (κ3) is 1.80. The molecule has 1 aliphatic rings. The molecule has 0 bridgehead atoms. The summed E-state index contributed by atoms with van der Waals surface area (Å²) in [4.78, 5) is 11.7. The molecule has 0 spiro atoms. The zero-order chi connectivity index (χ0) is 9.14. The van der Waals surface area contributed by atoms with Gasteiger partial charge in [-0.2, -0.15) is 0 Å². The minimum absolute atomic E-state index is 0.0482. The number of ketones is 1. The standard InChI is InChI=1S/C9H10O2S/c1-6(10)7-3-4-9(12)8(5-7)11-2/h3,5H,4H2,1-2H3. The van der Waals surface area contributed by atoms with Crippen molar-refractivity contribution in [1.29, 1.82) is 0 Å². The maximum absolute atomic E-state index is 11.0. The Bertz CT molecular complexity index is 287. The fourth-order valence-corrected chi connectivity index (χ4v) is 1.23. The monoisotopic (exact) mass is 182 g/mol. The van der Waals surface area contributed by atoms with Gasteiger partial charge >= 0.3 is 0 Å². The SMILES string of the molecule is COC1=CC(C(C)=O)=CCC1=S. The van der Waals surface area contributed by atoms with Gasteiger partial charge < -0.3 is 4.74 Å². The van der Waals surface area contributed by atoms with E-state index in [4.69, 9.17) is 17.0 Å². The summed E-state index contributed by atoms with van der Waals surface area (Å²) in [6.45, 7) is 1.53. The van der Waals surface area contributed by atoms with Crippen molar-refractivity contribution in [3.63, 3.8) is 0 Å². The van der Waals surface area contributed by atoms with E-state index in [1.807, 2.05) is 6.08 Å². The highest BCUT2D eigenvalue weighted by Crippen LogP contribution is 2.16. The lowest BCUT2D eigenvalue weighted by Crippen LogP contribution is -2.08. The quantitative estimate of drug-likeness (QED) is 0.609. The lowest BCUT2D eigenvalue weighted by Gasteiger charge is -2.11. The van der Waals surface area contributed by atoms with Crippen molar-refractivity contribution in [2.75, 3.05) is 7.11 Å². The summed E-state index contributed by atoms with van der Waals surface area (Å²) in [5.41, 5.74) is 0.681. The second-order valence-corrected chi connectivity index (χ2v) is 3.05. The minimum atomic E-state index is 0.0482. The summed E-state index contributed by atoms with van der Waals surface area (Å²) in [6, 6.07) is 0. The summed E-state index contributed by atoms with van der Waals surface area (Å²) in [5.74, 6) is 0.685. The maximum atomic E-state index is 11.0. The molecule has 0 heterocycles. The van der Waals surface area contributed by atoms with Crippen LogP contribution in [0.1, 0.15) is 13.3 Å². The second-order valence-electron chi connectivity index (χ2n) is 2.56. The van der Waals surface area contributed by atoms with Crippen LogP contribution >= 0.6 is 12.2 Å². The van der Waals surface area contributed by atoms with Gasteiger partial charge in [0, 0.05) is 12.0 Å². The fourth-order valence-electron chi connectivity index (χ4n) is 1.00. The van der Waals surface area contributed by atoms with Gasteiger partial charge in [-0.25, -0.2) is 0 Å². The Morgan fingerprint density at radius 1 is 1.67 bits per heavy atom. The smallest absolute Gasteiger partial charge is 0.159 e. The Kier molecular flexibility index (Phi) is 2.76. The first-order valence-corrected chi connectivity index (χ1v) is 4.06. The highest BCUT2D eigenvalue weighted by Gasteiger charge is 2.12. The van der Waals surface area contributed by atoms with Gasteiger partial charge in [0.25, 0.3) is 0 Å². The molecule has 0 radical (unpaired) electrons. The molecular weight excluding hydrogens is 172 g/mol. The first-order chi connectivity index (χ1) is 5.65. The van der Waals surface area contributed by atoms with Crippen molar-refractivity contribution >= 4 is 22.9 Å². The third-order valence-electron chi connectivity index (χ3n) is 1.70. The minimum Gasteiger partial charge on any atom is -0.496 e. The molecule has 12 heavy (non-hydrogen) atoms. The maximum Gasteiger partial charge on any atom is 0.159 e. The number of methoxy groups -OCH3 is 1. The normalized spacial score (nSPS) is 16.7. The van der Waals surface area contributed by atoms with Crippen LogP contribution in [-0.4, -0.2) is 17.8 Å². The van der Waals surface area contributed by atoms with E-state index in [1.54, 1.807) is 13.2 Å². The first-order valence-electron chi connectivity index (χ1n) is 3.65. The highest BCUT2D eigenvalue weighted by atomic mass is 32.1. The Morgan fingerprint density at radius 3 is 2.83 bits per heavy atom. The van der Waals surface area contributed by atoms with Crippen LogP contribution < -0.4 is 0 Å². The number of hydrogen-bond donors (Lipinski definition) is 0. The topological polar surface area (TPSA) is 26.3 Å². The first kappa shape index (κ1) is 9.13. The molecule has 0 aromatic carbocycles. The van der Waals surface area contributed by atoms with E-state index in [-0.39, 0.29) is 5.78 Å². The van der Waals surface area contributed by atoms with Gasteiger partial charge in [-0.3, -0.25) is 4.79 Å². The van der Waals surface area contributed by atoms with E-state index in [0.29, 0.717) is 17.8 Å². The van der Waals surface area contributed by atoms with Gasteiger partial charge in [0.05, 0.1) is 12.0 Å². The molecule has 0 aromatic heterocycles. The van der Waals surface area contributed by atoms with Crippen molar-refractivity contribution in [3.05, 3.63) is 23.5 Å². The van der Waals surface area contributed by atoms with Crippen LogP contribution in [-0.2, 0) is 9.53 Å². The zero-order valence-corrected chi connectivity index (χ0v) is 7.90. The van der Waals surface area contributed by atoms with E-state index in [1.165, 1.54) is 6.92 Å². The predicted octanol–water partition coefficient (Wildman–Crippen LogP) is 1.81. The Morgan fingerprint density at radius 2 is 2.33 bits per heavy atom. The van der Waals surface area contributed by atoms with Crippen molar-refractivity contribution < 1.29 is 9.53 Å². The van der Waals surface area contributed by atoms with Crippen molar-refractivity contribution in [1.82, 2.24) is 0 Å². The second kappa shape index (κ2) is 3.63. The van der Waals surface area contributed by atoms with E-state index in [9.17, 15) is 4.79 Å². The Hall–Kier alpha value is -0.960. The fraction of sp³-hybridized carbons (Fsp3) is 0.333. The van der Waals surface area contributed by atoms with Crippen LogP contribution in [0.5, 0.6) is 0 Å². The van der Waals surface area contributed by atoms with Crippen LogP contribution in [0, 0.1) is 0 Å². The summed E-state index contributed by atoms with van der Waals surface area (Å²) in [6.07, 6.45) is 4.14. The number of ether oxygens (including phenoxy) is 1. The summed E-state index contributed by atoms with van der Waals surface area (Å²) in [5, 5.41) is 0. The van der Waals surface area contributed by atoms with Crippen LogP contribution in [0.25, 0.3) is 0 Å². The number of hydrogen-bond acceptors (Lipinski definition) is 3. The number of rotatable bonds is 2. The van der Waals surface area contributed by atoms with Gasteiger partial charge in [0.2, 0.25) is 0 Å². The zero-order valence-electron chi connectivity index (χ0n) is 7.09. The van der Waals surface area contributed by atoms with Crippen molar-refractivity contribution in [2.45, 2.75) is 13.3 Å². The molecular formula is C9H10O2S. The molecule has 1 rings (SSSR count). The van der Waals surface area contributed by atoms with E-state index in [0.717, 1.165) is 4.86 Å². The molecule has 0 saturated heterocycles. The number of thiocarbonyl (C=S) groups is 1. The molecule has 1 aliphatic carbocycles. The summed E-state index contributed by atoms with van der Waals surface area (Å²) < 4.78 is 5.01. The van der Waals surface area contributed by atoms with Crippen LogP contribution in [0.4, 0.5) is 0 Å². The van der Waals surface area contributed by atoms with Crippen LogP contribution in [0.2, 0.25) is 0 Å². The number of Topliss-reactive ketones (excluding diaryl/α,β-unsaturated/α-hetero) is 1. The lowest BCUT2D eigenvalue weighted by atomic mass is 10.0. The third-order valence-corrected chi connectivity index (χ3v) is 2.06. The average molecular weight is 182 g/mol. The molecule has 0 unspecified atom stereocenters. The van der Waals surface area contributed by atoms with Gasteiger partial charge in [0.15, 0.2) is 5.78 Å². The summed E-state index contributed by atoms with van der Waals surface area (Å²) >= 11 is 5.02. The van der Waals surface area contributed by atoms with Crippen molar-refractivity contribution in [2.24, 2.45) is 0 Å². The van der Waals surface area contributed by atoms with Crippen molar-refractivity contribution in [3.8, 4) is 0 Å². The van der Waals surface area contributed by atoms with Crippen LogP contribution in [0.3, 0.4) is 0 Å². The highest BCUT2D eigenvalue weighted by molar-refractivity contribution is 7.80. The number of carbonyl (C=O) groups excluding carboxylic acids is 1. The lowest BCUT2D eigenvalue weighted by molar-refractivity contribution is -0.113. The average Bonchev–Trinajstić information content (AvgIpc) is 2.05. The molecule has 3 heteroatoms. The van der Waals surface area contributed by atoms with E-state index in [2.05, 4.69) is 0 Å². The summed E-state index contributed by atoms with van der Waals surface area (Å²) in [7, 11) is 1.56. The van der Waals surface area contributed by atoms with E-state index >= 15 is 0 Å². The molecule has 0 N–H and O–H groups in total. The molecule has 64 valence electrons. The Labute approximate surface area is 76.9 Å². The molecule has 0 saturated carbocycles. The van der Waals surface area contributed by atoms with Gasteiger partial charge in [0.1, 0.15) is 5.76 Å². The Balaban J connectivity index is 2.92. The van der Waals surface area contributed by atoms with Crippen LogP contribution in [0.15, 0.2) is 23.5 Å². The predicted molar refractivity (Wildman–Crippen MR) is 51.1 cm³/mol. The molecule has 0 aromatic rings. The molecule has 0 amide bonds. The molecule has 0 atom stereocenters. The number of allylic oxidation sites excluding steroid dienone is 4. The molecule has 0 aliphatic heterocycles. The molecule has 2 nitrogen and oxygen atoms in total. The number of carbonyl (C=O) groups is 1.